The number of amides is 2. The summed E-state index contributed by atoms with van der Waals surface area (Å²) < 4.78 is 20.3. The van der Waals surface area contributed by atoms with Crippen LogP contribution in [0.4, 0.5) is 4.39 Å². The summed E-state index contributed by atoms with van der Waals surface area (Å²) in [6.45, 7) is 9.90. The Morgan fingerprint density at radius 1 is 1.25 bits per heavy atom. The minimum absolute atomic E-state index is 0.0330. The molecule has 2 fully saturated rings. The molecule has 0 saturated carbocycles. The van der Waals surface area contributed by atoms with Crippen molar-refractivity contribution in [2.75, 3.05) is 20.1 Å². The lowest BCUT2D eigenvalue weighted by Gasteiger charge is -2.39. The number of likely N-dealkylation sites (N-methyl/N-ethyl adjacent to an activating group) is 2. The summed E-state index contributed by atoms with van der Waals surface area (Å²) in [7, 11) is 1.77. The number of hydrogen-bond donors (Lipinski definition) is 3. The molecule has 36 heavy (non-hydrogen) atoms. The largest absolute Gasteiger partial charge is 0.457 e. The van der Waals surface area contributed by atoms with Crippen molar-refractivity contribution in [2.24, 2.45) is 5.92 Å². The number of fused-ring (bicyclic) bond motifs is 1. The van der Waals surface area contributed by atoms with E-state index in [0.29, 0.717) is 42.1 Å². The summed E-state index contributed by atoms with van der Waals surface area (Å²) in [6, 6.07) is 7.53. The Morgan fingerprint density at radius 2 is 1.92 bits per heavy atom. The minimum atomic E-state index is -1.08. The van der Waals surface area contributed by atoms with E-state index >= 15 is 0 Å². The molecule has 2 aromatic carbocycles. The molecule has 0 aromatic heterocycles. The molecule has 7 nitrogen and oxygen atoms in total. The molecule has 2 aliphatic rings. The fourth-order valence-electron chi connectivity index (χ4n) is 5.51. The highest BCUT2D eigenvalue weighted by Crippen LogP contribution is 2.45. The van der Waals surface area contributed by atoms with Crippen LogP contribution in [0.15, 0.2) is 30.3 Å². The Morgan fingerprint density at radius 3 is 2.53 bits per heavy atom. The molecule has 2 amide bonds. The van der Waals surface area contributed by atoms with Crippen molar-refractivity contribution in [3.8, 4) is 11.5 Å². The number of aryl methyl sites for hydroxylation is 2. The number of ether oxygens (including phenoxy) is 1. The molecule has 2 heterocycles. The third-order valence-electron chi connectivity index (χ3n) is 7.37. The van der Waals surface area contributed by atoms with Crippen LogP contribution in [0.3, 0.4) is 0 Å². The number of carbonyl (C=O) groups is 2. The van der Waals surface area contributed by atoms with E-state index in [9.17, 15) is 19.1 Å². The Kier molecular flexibility index (Phi) is 7.12. The Labute approximate surface area is 212 Å². The molecule has 4 rings (SSSR count). The van der Waals surface area contributed by atoms with E-state index in [1.54, 1.807) is 39.6 Å². The summed E-state index contributed by atoms with van der Waals surface area (Å²) in [4.78, 5) is 27.4. The molecular weight excluding hydrogens is 461 g/mol. The Balaban J connectivity index is 1.79. The van der Waals surface area contributed by atoms with Crippen LogP contribution < -0.4 is 15.4 Å². The van der Waals surface area contributed by atoms with Gasteiger partial charge < -0.3 is 20.1 Å². The lowest BCUT2D eigenvalue weighted by atomic mass is 9.76. The van der Waals surface area contributed by atoms with E-state index in [1.165, 1.54) is 12.1 Å². The van der Waals surface area contributed by atoms with Crippen LogP contribution >= 0.6 is 0 Å². The van der Waals surface area contributed by atoms with E-state index in [0.717, 1.165) is 11.1 Å². The molecule has 2 aromatic rings. The van der Waals surface area contributed by atoms with Gasteiger partial charge in [-0.05, 0) is 87.9 Å². The second-order valence-electron chi connectivity index (χ2n) is 10.6. The van der Waals surface area contributed by atoms with Crippen molar-refractivity contribution in [2.45, 2.75) is 64.6 Å². The number of carbonyl (C=O) groups excluding carboxylic acids is 2. The van der Waals surface area contributed by atoms with Crippen LogP contribution in [-0.2, 0) is 15.2 Å². The lowest BCUT2D eigenvalue weighted by molar-refractivity contribution is -0.136. The zero-order chi connectivity index (χ0) is 26.4. The van der Waals surface area contributed by atoms with Gasteiger partial charge in [-0.3, -0.25) is 14.9 Å². The van der Waals surface area contributed by atoms with E-state index < -0.39 is 17.7 Å². The third kappa shape index (κ3) is 4.97. The summed E-state index contributed by atoms with van der Waals surface area (Å²) >= 11 is 0. The van der Waals surface area contributed by atoms with Gasteiger partial charge >= 0.3 is 0 Å². The van der Waals surface area contributed by atoms with Crippen molar-refractivity contribution >= 4 is 11.8 Å². The monoisotopic (exact) mass is 497 g/mol. The Bertz CT molecular complexity index is 1150. The van der Waals surface area contributed by atoms with Gasteiger partial charge in [0.05, 0.1) is 17.7 Å². The van der Waals surface area contributed by atoms with Gasteiger partial charge in [-0.2, -0.15) is 0 Å². The van der Waals surface area contributed by atoms with Crippen molar-refractivity contribution in [1.82, 2.24) is 15.5 Å². The van der Waals surface area contributed by atoms with Crippen LogP contribution in [0.5, 0.6) is 11.5 Å². The summed E-state index contributed by atoms with van der Waals surface area (Å²) in [6.07, 6.45) is 0.515. The molecule has 4 atom stereocenters. The van der Waals surface area contributed by atoms with E-state index in [-0.39, 0.29) is 29.5 Å². The molecule has 0 spiro atoms. The van der Waals surface area contributed by atoms with Gasteiger partial charge in [-0.25, -0.2) is 4.39 Å². The van der Waals surface area contributed by atoms with E-state index in [1.807, 2.05) is 25.1 Å². The van der Waals surface area contributed by atoms with Crippen molar-refractivity contribution in [3.05, 3.63) is 58.4 Å². The van der Waals surface area contributed by atoms with Gasteiger partial charge in [0.15, 0.2) is 0 Å². The maximum atomic E-state index is 13.9. The fraction of sp³-hybridized carbons (Fsp3) is 0.500. The Hall–Kier alpha value is -2.97. The normalized spacial score (nSPS) is 24.0. The van der Waals surface area contributed by atoms with E-state index in [2.05, 4.69) is 10.6 Å². The van der Waals surface area contributed by atoms with Gasteiger partial charge in [-0.1, -0.05) is 6.07 Å². The first kappa shape index (κ1) is 26.1. The standard InChI is InChI=1S/C28H36FN3O4/c1-7-30-26(33)22-13-20-21(14-32(6)27(34)24(20)31-22)19-12-17(28(4,5)35)8-9-23(19)36-25-15(2)10-18(29)11-16(25)3/h8-12,20-22,24,31,35H,7,13-14H2,1-6H3,(H,30,33). The predicted octanol–water partition coefficient (Wildman–Crippen LogP) is 3.50. The summed E-state index contributed by atoms with van der Waals surface area (Å²) in [5.41, 5.74) is 1.85. The molecule has 0 radical (unpaired) electrons. The molecule has 0 aliphatic carbocycles. The third-order valence-corrected chi connectivity index (χ3v) is 7.37. The van der Waals surface area contributed by atoms with Gasteiger partial charge in [0, 0.05) is 31.6 Å². The van der Waals surface area contributed by atoms with Crippen LogP contribution in [0.1, 0.15) is 55.4 Å². The average molecular weight is 498 g/mol. The highest BCUT2D eigenvalue weighted by atomic mass is 19.1. The number of nitrogens with one attached hydrogen (secondary N) is 2. The number of nitrogens with zero attached hydrogens (tertiary/aromatic N) is 1. The summed E-state index contributed by atoms with van der Waals surface area (Å²) in [5.74, 6) is 0.441. The number of aliphatic hydroxyl groups is 1. The number of halogens is 1. The first-order valence-corrected chi connectivity index (χ1v) is 12.5. The molecule has 0 bridgehead atoms. The van der Waals surface area contributed by atoms with Crippen molar-refractivity contribution < 1.29 is 23.8 Å². The molecule has 8 heteroatoms. The van der Waals surface area contributed by atoms with Crippen LogP contribution in [0.25, 0.3) is 0 Å². The fourth-order valence-corrected chi connectivity index (χ4v) is 5.51. The topological polar surface area (TPSA) is 90.9 Å². The first-order chi connectivity index (χ1) is 16.9. The van der Waals surface area contributed by atoms with Crippen LogP contribution in [0, 0.1) is 25.6 Å². The van der Waals surface area contributed by atoms with E-state index in [4.69, 9.17) is 4.74 Å². The van der Waals surface area contributed by atoms with Gasteiger partial charge in [0.25, 0.3) is 0 Å². The quantitative estimate of drug-likeness (QED) is 0.568. The van der Waals surface area contributed by atoms with Crippen LogP contribution in [-0.4, -0.2) is 54.0 Å². The second-order valence-corrected chi connectivity index (χ2v) is 10.6. The van der Waals surface area contributed by atoms with Crippen LogP contribution in [0.2, 0.25) is 0 Å². The zero-order valence-corrected chi connectivity index (χ0v) is 21.8. The summed E-state index contributed by atoms with van der Waals surface area (Å²) in [5, 5.41) is 16.9. The zero-order valence-electron chi connectivity index (χ0n) is 21.8. The molecule has 3 N–H and O–H groups in total. The number of benzene rings is 2. The van der Waals surface area contributed by atoms with Gasteiger partial charge in [-0.15, -0.1) is 0 Å². The minimum Gasteiger partial charge on any atom is -0.457 e. The number of hydrogen-bond acceptors (Lipinski definition) is 5. The van der Waals surface area contributed by atoms with Gasteiger partial charge in [0.2, 0.25) is 11.8 Å². The van der Waals surface area contributed by atoms with Crippen molar-refractivity contribution in [1.29, 1.82) is 0 Å². The predicted molar refractivity (Wildman–Crippen MR) is 136 cm³/mol. The molecule has 2 saturated heterocycles. The van der Waals surface area contributed by atoms with Crippen molar-refractivity contribution in [3.63, 3.8) is 0 Å². The highest BCUT2D eigenvalue weighted by molar-refractivity contribution is 5.88. The highest BCUT2D eigenvalue weighted by Gasteiger charge is 2.50. The maximum Gasteiger partial charge on any atom is 0.239 e. The second kappa shape index (κ2) is 9.82. The van der Waals surface area contributed by atoms with Gasteiger partial charge in [0.1, 0.15) is 17.3 Å². The SMILES string of the molecule is CCNC(=O)C1CC2C(N1)C(=O)N(C)CC2c1cc(C(C)(C)O)ccc1Oc1c(C)cc(F)cc1C. The molecule has 4 unspecified atom stereocenters. The molecular formula is C28H36FN3O4. The lowest BCUT2D eigenvalue weighted by Crippen LogP contribution is -2.54. The first-order valence-electron chi connectivity index (χ1n) is 12.5. The number of rotatable bonds is 6. The maximum absolute atomic E-state index is 13.9. The number of likely N-dealkylation sites (tertiary alicyclic amines) is 1. The molecule has 2 aliphatic heterocycles. The molecule has 194 valence electrons. The number of piperidine rings is 1. The average Bonchev–Trinajstić information content (AvgIpc) is 3.24. The smallest absolute Gasteiger partial charge is 0.239 e.